The maximum absolute atomic E-state index is 12.5. The summed E-state index contributed by atoms with van der Waals surface area (Å²) in [6.45, 7) is 4.93. The van der Waals surface area contributed by atoms with Crippen LogP contribution in [0, 0.1) is 6.92 Å². The number of aryl methyl sites for hydroxylation is 1. The van der Waals surface area contributed by atoms with Crippen LogP contribution in [0.5, 0.6) is 0 Å². The number of thiazole rings is 1. The third-order valence-corrected chi connectivity index (χ3v) is 4.75. The zero-order valence-electron chi connectivity index (χ0n) is 11.1. The van der Waals surface area contributed by atoms with Crippen molar-refractivity contribution < 1.29 is 9.59 Å². The molecule has 2 aliphatic rings. The second kappa shape index (κ2) is 4.59. The highest BCUT2D eigenvalue weighted by Crippen LogP contribution is 2.28. The lowest BCUT2D eigenvalue weighted by Gasteiger charge is -2.40. The molecule has 0 radical (unpaired) electrons. The van der Waals surface area contributed by atoms with Gasteiger partial charge in [0.25, 0.3) is 0 Å². The first-order chi connectivity index (χ1) is 9.08. The molecule has 19 heavy (non-hydrogen) atoms. The summed E-state index contributed by atoms with van der Waals surface area (Å²) >= 11 is 1.57. The Kier molecular flexibility index (Phi) is 3.05. The summed E-state index contributed by atoms with van der Waals surface area (Å²) < 4.78 is 0. The number of carbonyl (C=O) groups excluding carboxylic acids is 2. The highest BCUT2D eigenvalue weighted by molar-refractivity contribution is 7.09. The topological polar surface area (TPSA) is 53.5 Å². The standard InChI is InChI=1S/C13H17N3O2S/c1-8-12(17)15-5-3-4-11(15)13(18)16(8)6-10-7-19-9(2)14-10/h7-8,11H,3-6H2,1-2H3. The van der Waals surface area contributed by atoms with Gasteiger partial charge in [-0.2, -0.15) is 0 Å². The molecule has 5 nitrogen and oxygen atoms in total. The first-order valence-electron chi connectivity index (χ1n) is 6.60. The van der Waals surface area contributed by atoms with Crippen LogP contribution in [0.3, 0.4) is 0 Å². The molecule has 1 aromatic heterocycles. The molecule has 2 aliphatic heterocycles. The minimum absolute atomic E-state index is 0.0778. The Morgan fingerprint density at radius 2 is 2.21 bits per heavy atom. The van der Waals surface area contributed by atoms with Crippen LogP contribution in [0.15, 0.2) is 5.38 Å². The van der Waals surface area contributed by atoms with E-state index in [4.69, 9.17) is 0 Å². The molecule has 2 saturated heterocycles. The number of piperazine rings is 1. The number of nitrogens with zero attached hydrogens (tertiary/aromatic N) is 3. The molecular formula is C13H17N3O2S. The molecule has 6 heteroatoms. The summed E-state index contributed by atoms with van der Waals surface area (Å²) in [5.74, 6) is 0.157. The SMILES string of the molecule is Cc1nc(CN2C(=O)C3CCCN3C(=O)C2C)cs1. The van der Waals surface area contributed by atoms with E-state index in [1.807, 2.05) is 19.2 Å². The smallest absolute Gasteiger partial charge is 0.246 e. The summed E-state index contributed by atoms with van der Waals surface area (Å²) in [4.78, 5) is 32.6. The van der Waals surface area contributed by atoms with Crippen LogP contribution in [0.2, 0.25) is 0 Å². The van der Waals surface area contributed by atoms with Crippen molar-refractivity contribution in [1.82, 2.24) is 14.8 Å². The fraction of sp³-hybridized carbons (Fsp3) is 0.615. The van der Waals surface area contributed by atoms with E-state index in [1.54, 1.807) is 21.1 Å². The van der Waals surface area contributed by atoms with E-state index >= 15 is 0 Å². The molecular weight excluding hydrogens is 262 g/mol. The summed E-state index contributed by atoms with van der Waals surface area (Å²) in [7, 11) is 0. The van der Waals surface area contributed by atoms with Crippen molar-refractivity contribution in [2.45, 2.75) is 45.3 Å². The van der Waals surface area contributed by atoms with Gasteiger partial charge in [0.2, 0.25) is 11.8 Å². The predicted molar refractivity (Wildman–Crippen MR) is 71.6 cm³/mol. The Morgan fingerprint density at radius 1 is 1.42 bits per heavy atom. The van der Waals surface area contributed by atoms with Crippen LogP contribution in [-0.2, 0) is 16.1 Å². The number of carbonyl (C=O) groups is 2. The van der Waals surface area contributed by atoms with Gasteiger partial charge < -0.3 is 9.80 Å². The predicted octanol–water partition coefficient (Wildman–Crippen LogP) is 1.17. The number of fused-ring (bicyclic) bond motifs is 1. The second-order valence-electron chi connectivity index (χ2n) is 5.19. The van der Waals surface area contributed by atoms with Gasteiger partial charge in [0, 0.05) is 11.9 Å². The summed E-state index contributed by atoms with van der Waals surface area (Å²) in [5, 5.41) is 2.95. The van der Waals surface area contributed by atoms with E-state index in [0.29, 0.717) is 6.54 Å². The molecule has 2 amide bonds. The Bertz CT molecular complexity index is 528. The van der Waals surface area contributed by atoms with Crippen LogP contribution in [0.4, 0.5) is 0 Å². The molecule has 1 aromatic rings. The molecule has 3 heterocycles. The molecule has 0 saturated carbocycles. The average Bonchev–Trinajstić information content (AvgIpc) is 3.01. The minimum Gasteiger partial charge on any atom is -0.329 e. The molecule has 0 bridgehead atoms. The van der Waals surface area contributed by atoms with Gasteiger partial charge in [0.15, 0.2) is 0 Å². The third-order valence-electron chi connectivity index (χ3n) is 3.93. The van der Waals surface area contributed by atoms with Crippen molar-refractivity contribution in [3.05, 3.63) is 16.1 Å². The van der Waals surface area contributed by atoms with Crippen molar-refractivity contribution in [1.29, 1.82) is 0 Å². The lowest BCUT2D eigenvalue weighted by atomic mass is 10.1. The van der Waals surface area contributed by atoms with Gasteiger partial charge >= 0.3 is 0 Å². The summed E-state index contributed by atoms with van der Waals surface area (Å²) in [5.41, 5.74) is 0.877. The van der Waals surface area contributed by atoms with E-state index in [2.05, 4.69) is 4.98 Å². The van der Waals surface area contributed by atoms with Gasteiger partial charge in [0.05, 0.1) is 17.2 Å². The molecule has 0 N–H and O–H groups in total. The lowest BCUT2D eigenvalue weighted by Crippen LogP contribution is -2.61. The van der Waals surface area contributed by atoms with Crippen molar-refractivity contribution in [2.75, 3.05) is 6.54 Å². The monoisotopic (exact) mass is 279 g/mol. The van der Waals surface area contributed by atoms with Crippen molar-refractivity contribution in [3.63, 3.8) is 0 Å². The Balaban J connectivity index is 1.83. The molecule has 3 rings (SSSR count). The van der Waals surface area contributed by atoms with Gasteiger partial charge in [-0.25, -0.2) is 4.98 Å². The van der Waals surface area contributed by atoms with Crippen LogP contribution >= 0.6 is 11.3 Å². The van der Waals surface area contributed by atoms with Crippen molar-refractivity contribution >= 4 is 23.2 Å². The van der Waals surface area contributed by atoms with Crippen molar-refractivity contribution in [2.24, 2.45) is 0 Å². The first-order valence-corrected chi connectivity index (χ1v) is 7.48. The van der Waals surface area contributed by atoms with Gasteiger partial charge in [-0.1, -0.05) is 0 Å². The zero-order chi connectivity index (χ0) is 13.6. The summed E-state index contributed by atoms with van der Waals surface area (Å²) in [6.07, 6.45) is 1.72. The normalized spacial score (nSPS) is 27.1. The number of amides is 2. The maximum atomic E-state index is 12.5. The van der Waals surface area contributed by atoms with E-state index in [1.165, 1.54) is 0 Å². The van der Waals surface area contributed by atoms with Gasteiger partial charge in [-0.15, -0.1) is 11.3 Å². The zero-order valence-corrected chi connectivity index (χ0v) is 11.9. The molecule has 2 atom stereocenters. The number of hydrogen-bond acceptors (Lipinski definition) is 4. The fourth-order valence-corrected chi connectivity index (χ4v) is 3.52. The van der Waals surface area contributed by atoms with Gasteiger partial charge in [-0.05, 0) is 26.7 Å². The Morgan fingerprint density at radius 3 is 2.89 bits per heavy atom. The minimum atomic E-state index is -0.371. The molecule has 0 aliphatic carbocycles. The summed E-state index contributed by atoms with van der Waals surface area (Å²) in [6, 6.07) is -0.604. The number of aromatic nitrogens is 1. The largest absolute Gasteiger partial charge is 0.329 e. The van der Waals surface area contributed by atoms with Crippen LogP contribution in [0.1, 0.15) is 30.5 Å². The molecule has 2 unspecified atom stereocenters. The highest BCUT2D eigenvalue weighted by Gasteiger charge is 2.45. The number of rotatable bonds is 2. The highest BCUT2D eigenvalue weighted by atomic mass is 32.1. The van der Waals surface area contributed by atoms with Crippen LogP contribution in [-0.4, -0.2) is 45.2 Å². The second-order valence-corrected chi connectivity index (χ2v) is 6.25. The Hall–Kier alpha value is -1.43. The molecule has 0 aromatic carbocycles. The van der Waals surface area contributed by atoms with E-state index in [9.17, 15) is 9.59 Å². The van der Waals surface area contributed by atoms with E-state index in [-0.39, 0.29) is 23.9 Å². The van der Waals surface area contributed by atoms with Crippen LogP contribution < -0.4 is 0 Å². The maximum Gasteiger partial charge on any atom is 0.246 e. The van der Waals surface area contributed by atoms with Gasteiger partial charge in [-0.3, -0.25) is 9.59 Å². The quantitative estimate of drug-likeness (QED) is 0.816. The first kappa shape index (κ1) is 12.6. The number of hydrogen-bond donors (Lipinski definition) is 0. The van der Waals surface area contributed by atoms with E-state index < -0.39 is 0 Å². The van der Waals surface area contributed by atoms with E-state index in [0.717, 1.165) is 30.1 Å². The molecule has 102 valence electrons. The fourth-order valence-electron chi connectivity index (χ4n) is 2.91. The average molecular weight is 279 g/mol. The third kappa shape index (κ3) is 2.04. The van der Waals surface area contributed by atoms with Crippen LogP contribution in [0.25, 0.3) is 0 Å². The lowest BCUT2D eigenvalue weighted by molar-refractivity contribution is -0.159. The van der Waals surface area contributed by atoms with Crippen molar-refractivity contribution in [3.8, 4) is 0 Å². The Labute approximate surface area is 116 Å². The van der Waals surface area contributed by atoms with Gasteiger partial charge in [0.1, 0.15) is 12.1 Å². The molecule has 0 spiro atoms. The molecule has 2 fully saturated rings.